The van der Waals surface area contributed by atoms with Crippen molar-refractivity contribution in [2.45, 2.75) is 18.8 Å². The fourth-order valence-corrected chi connectivity index (χ4v) is 1.98. The number of pyridine rings is 1. The number of aliphatic hydroxyl groups is 1. The number of hydrogen-bond acceptors (Lipinski definition) is 3. The van der Waals surface area contributed by atoms with E-state index in [1.54, 1.807) is 22.6 Å². The average molecular weight is 367 g/mol. The molecule has 3 nitrogen and oxygen atoms in total. The molecule has 8 heteroatoms. The molecular formula is C8H6ClF3INO2. The summed E-state index contributed by atoms with van der Waals surface area (Å²) in [6.45, 7) is -0.477. The molecule has 0 spiro atoms. The summed E-state index contributed by atoms with van der Waals surface area (Å²) < 4.78 is 40.0. The minimum atomic E-state index is -4.81. The number of rotatable bonds is 3. The molecule has 0 saturated heterocycles. The number of nitrogens with zero attached hydrogens (tertiary/aromatic N) is 1. The van der Waals surface area contributed by atoms with Crippen molar-refractivity contribution in [3.05, 3.63) is 20.9 Å². The number of alkyl halides is 4. The highest BCUT2D eigenvalue weighted by Crippen LogP contribution is 2.29. The van der Waals surface area contributed by atoms with Crippen LogP contribution >= 0.6 is 34.2 Å². The van der Waals surface area contributed by atoms with Crippen LogP contribution in [0, 0.1) is 3.57 Å². The van der Waals surface area contributed by atoms with E-state index < -0.39 is 18.8 Å². The lowest BCUT2D eigenvalue weighted by Gasteiger charge is -2.12. The normalized spacial score (nSPS) is 11.6. The maximum absolute atomic E-state index is 12.0. The Kier molecular flexibility index (Phi) is 4.62. The number of ether oxygens (including phenoxy) is 1. The Morgan fingerprint density at radius 3 is 2.56 bits per heavy atom. The van der Waals surface area contributed by atoms with Gasteiger partial charge in [-0.2, -0.15) is 0 Å². The molecule has 0 saturated carbocycles. The Bertz CT molecular complexity index is 386. The average Bonchev–Trinajstić information content (AvgIpc) is 2.19. The Morgan fingerprint density at radius 1 is 1.50 bits per heavy atom. The van der Waals surface area contributed by atoms with Crippen molar-refractivity contribution in [3.63, 3.8) is 0 Å². The summed E-state index contributed by atoms with van der Waals surface area (Å²) in [6.07, 6.45) is -4.81. The molecule has 0 aliphatic carbocycles. The molecule has 1 aromatic rings. The van der Waals surface area contributed by atoms with Crippen LogP contribution in [0.2, 0.25) is 0 Å². The summed E-state index contributed by atoms with van der Waals surface area (Å²) in [6, 6.07) is 1.43. The van der Waals surface area contributed by atoms with Gasteiger partial charge >= 0.3 is 6.36 Å². The molecule has 1 heterocycles. The minimum Gasteiger partial charge on any atom is -0.390 e. The predicted molar refractivity (Wildman–Crippen MR) is 59.1 cm³/mol. The third-order valence-electron chi connectivity index (χ3n) is 1.57. The van der Waals surface area contributed by atoms with Crippen LogP contribution in [0.4, 0.5) is 13.2 Å². The van der Waals surface area contributed by atoms with Crippen molar-refractivity contribution < 1.29 is 23.0 Å². The molecule has 90 valence electrons. The summed E-state index contributed by atoms with van der Waals surface area (Å²) in [7, 11) is 0. The van der Waals surface area contributed by atoms with E-state index in [9.17, 15) is 13.2 Å². The Labute approximate surface area is 108 Å². The lowest BCUT2D eigenvalue weighted by atomic mass is 10.2. The first-order valence-electron chi connectivity index (χ1n) is 3.98. The smallest absolute Gasteiger partial charge is 0.390 e. The third-order valence-corrected chi connectivity index (χ3v) is 3.02. The van der Waals surface area contributed by atoms with Gasteiger partial charge < -0.3 is 9.84 Å². The van der Waals surface area contributed by atoms with Crippen LogP contribution in [-0.4, -0.2) is 16.5 Å². The monoisotopic (exact) mass is 367 g/mol. The topological polar surface area (TPSA) is 42.4 Å². The summed E-state index contributed by atoms with van der Waals surface area (Å²) >= 11 is 7.21. The molecule has 0 aromatic carbocycles. The SMILES string of the molecule is OCc1cc(CCl)c(I)c(OC(F)(F)F)n1. The van der Waals surface area contributed by atoms with E-state index in [0.29, 0.717) is 5.56 Å². The molecule has 0 fully saturated rings. The molecule has 0 aliphatic heterocycles. The van der Waals surface area contributed by atoms with Crippen LogP contribution in [0.5, 0.6) is 5.88 Å². The zero-order valence-electron chi connectivity index (χ0n) is 7.68. The zero-order chi connectivity index (χ0) is 12.3. The van der Waals surface area contributed by atoms with E-state index in [4.69, 9.17) is 16.7 Å². The van der Waals surface area contributed by atoms with E-state index in [2.05, 4.69) is 9.72 Å². The standard InChI is InChI=1S/C8H6ClF3INO2/c9-2-4-1-5(3-15)14-7(6(4)13)16-8(10,11)12/h1,15H,2-3H2. The first-order valence-corrected chi connectivity index (χ1v) is 5.59. The molecule has 1 N–H and O–H groups in total. The van der Waals surface area contributed by atoms with E-state index in [0.717, 1.165) is 0 Å². The van der Waals surface area contributed by atoms with Gasteiger partial charge in [0.15, 0.2) is 0 Å². The second-order valence-electron chi connectivity index (χ2n) is 2.73. The molecule has 0 atom stereocenters. The highest BCUT2D eigenvalue weighted by Gasteiger charge is 2.33. The quantitative estimate of drug-likeness (QED) is 0.660. The highest BCUT2D eigenvalue weighted by atomic mass is 127. The van der Waals surface area contributed by atoms with Crippen LogP contribution in [0.3, 0.4) is 0 Å². The predicted octanol–water partition coefficient (Wildman–Crippen LogP) is 2.82. The van der Waals surface area contributed by atoms with Gasteiger partial charge in [0.05, 0.1) is 15.9 Å². The van der Waals surface area contributed by atoms with Gasteiger partial charge in [0.1, 0.15) is 0 Å². The second-order valence-corrected chi connectivity index (χ2v) is 4.08. The summed E-state index contributed by atoms with van der Waals surface area (Å²) in [4.78, 5) is 3.53. The molecular weight excluding hydrogens is 361 g/mol. The lowest BCUT2D eigenvalue weighted by molar-refractivity contribution is -0.276. The van der Waals surface area contributed by atoms with E-state index in [-0.39, 0.29) is 15.1 Å². The molecule has 1 aromatic heterocycles. The van der Waals surface area contributed by atoms with Gasteiger partial charge in [-0.25, -0.2) is 4.98 Å². The molecule has 0 unspecified atom stereocenters. The Hall–Kier alpha value is -0.280. The summed E-state index contributed by atoms with van der Waals surface area (Å²) in [5.74, 6) is -0.572. The fraction of sp³-hybridized carbons (Fsp3) is 0.375. The van der Waals surface area contributed by atoms with Crippen LogP contribution in [0.25, 0.3) is 0 Å². The van der Waals surface area contributed by atoms with E-state index >= 15 is 0 Å². The highest BCUT2D eigenvalue weighted by molar-refractivity contribution is 14.1. The van der Waals surface area contributed by atoms with Gasteiger partial charge in [-0.3, -0.25) is 0 Å². The maximum atomic E-state index is 12.0. The van der Waals surface area contributed by atoms with Crippen molar-refractivity contribution in [1.82, 2.24) is 4.98 Å². The van der Waals surface area contributed by atoms with Crippen molar-refractivity contribution in [1.29, 1.82) is 0 Å². The maximum Gasteiger partial charge on any atom is 0.574 e. The molecule has 1 rings (SSSR count). The van der Waals surface area contributed by atoms with Gasteiger partial charge in [0.25, 0.3) is 0 Å². The molecule has 0 radical (unpaired) electrons. The minimum absolute atomic E-state index is 0.0159. The molecule has 0 aliphatic rings. The largest absolute Gasteiger partial charge is 0.574 e. The van der Waals surface area contributed by atoms with Crippen LogP contribution in [0.15, 0.2) is 6.07 Å². The molecule has 16 heavy (non-hydrogen) atoms. The van der Waals surface area contributed by atoms with Gasteiger partial charge in [-0.1, -0.05) is 0 Å². The summed E-state index contributed by atoms with van der Waals surface area (Å²) in [5.41, 5.74) is 0.510. The first kappa shape index (κ1) is 13.8. The van der Waals surface area contributed by atoms with Gasteiger partial charge in [-0.15, -0.1) is 24.8 Å². The van der Waals surface area contributed by atoms with E-state index in [1.165, 1.54) is 6.07 Å². The van der Waals surface area contributed by atoms with Crippen LogP contribution in [-0.2, 0) is 12.5 Å². The van der Waals surface area contributed by atoms with Gasteiger partial charge in [0, 0.05) is 5.88 Å². The van der Waals surface area contributed by atoms with E-state index in [1.807, 2.05) is 0 Å². The van der Waals surface area contributed by atoms with Crippen LogP contribution < -0.4 is 4.74 Å². The number of aromatic nitrogens is 1. The van der Waals surface area contributed by atoms with Crippen molar-refractivity contribution >= 4 is 34.2 Å². The van der Waals surface area contributed by atoms with Crippen molar-refractivity contribution in [2.75, 3.05) is 0 Å². The summed E-state index contributed by atoms with van der Waals surface area (Å²) in [5, 5.41) is 8.83. The molecule has 0 amide bonds. The Balaban J connectivity index is 3.16. The van der Waals surface area contributed by atoms with Gasteiger partial charge in [0.2, 0.25) is 5.88 Å². The molecule has 0 bridgehead atoms. The van der Waals surface area contributed by atoms with Crippen molar-refractivity contribution in [2.24, 2.45) is 0 Å². The zero-order valence-corrected chi connectivity index (χ0v) is 10.6. The van der Waals surface area contributed by atoms with Crippen molar-refractivity contribution in [3.8, 4) is 5.88 Å². The fourth-order valence-electron chi connectivity index (χ4n) is 0.969. The number of hydrogen-bond donors (Lipinski definition) is 1. The number of halogens is 5. The lowest BCUT2D eigenvalue weighted by Crippen LogP contribution is -2.19. The van der Waals surface area contributed by atoms with Gasteiger partial charge in [-0.05, 0) is 34.2 Å². The first-order chi connectivity index (χ1) is 7.37. The van der Waals surface area contributed by atoms with Crippen LogP contribution in [0.1, 0.15) is 11.3 Å². The third kappa shape index (κ3) is 3.63. The Morgan fingerprint density at radius 2 is 2.12 bits per heavy atom. The second kappa shape index (κ2) is 5.37. The number of aliphatic hydroxyl groups excluding tert-OH is 1.